The number of hydrogen-bond acceptors (Lipinski definition) is 6. The Balaban J connectivity index is 1.21. The maximum atomic E-state index is 13.2. The topological polar surface area (TPSA) is 98.6 Å². The highest BCUT2D eigenvalue weighted by molar-refractivity contribution is 5.98. The normalized spacial score (nSPS) is 15.3. The third-order valence-corrected chi connectivity index (χ3v) is 6.54. The van der Waals surface area contributed by atoms with E-state index in [-0.39, 0.29) is 24.5 Å². The van der Waals surface area contributed by atoms with Crippen LogP contribution >= 0.6 is 0 Å². The Morgan fingerprint density at radius 1 is 1.11 bits per heavy atom. The summed E-state index contributed by atoms with van der Waals surface area (Å²) < 4.78 is 12.9. The van der Waals surface area contributed by atoms with E-state index in [0.29, 0.717) is 42.3 Å². The van der Waals surface area contributed by atoms with Gasteiger partial charge in [0.25, 0.3) is 11.8 Å². The van der Waals surface area contributed by atoms with Gasteiger partial charge in [0.15, 0.2) is 11.5 Å². The highest BCUT2D eigenvalue weighted by Crippen LogP contribution is 2.37. The molecule has 3 aromatic rings. The fraction of sp³-hybridized carbons (Fsp3) is 0.385. The van der Waals surface area contributed by atoms with Crippen molar-refractivity contribution in [2.75, 3.05) is 26.4 Å². The maximum Gasteiger partial charge on any atom is 0.257 e. The summed E-state index contributed by atoms with van der Waals surface area (Å²) in [6.45, 7) is 4.63. The number of carbonyl (C=O) groups is 2. The highest BCUT2D eigenvalue weighted by Gasteiger charge is 2.31. The third kappa shape index (κ3) is 4.99. The summed E-state index contributed by atoms with van der Waals surface area (Å²) >= 11 is 0. The van der Waals surface area contributed by atoms with Crippen molar-refractivity contribution in [3.05, 3.63) is 71.6 Å². The molecule has 0 aliphatic carbocycles. The summed E-state index contributed by atoms with van der Waals surface area (Å²) in [6.07, 6.45) is 7.73. The predicted molar refractivity (Wildman–Crippen MR) is 129 cm³/mol. The van der Waals surface area contributed by atoms with Crippen molar-refractivity contribution < 1.29 is 19.1 Å². The standard InChI is InChI=1S/C26H29N5O4/c1-18-6-7-20(25(32)28-10-3-12-30-15-11-27-16-30)23(29-18)19-8-13-31(14-9-19)26(33)21-4-2-5-22-24(21)35-17-34-22/h2,4-7,11,15-16,19H,3,8-10,12-14,17H2,1H3,(H,28,32). The first-order valence-corrected chi connectivity index (χ1v) is 12.0. The molecule has 0 atom stereocenters. The molecule has 0 bridgehead atoms. The van der Waals surface area contributed by atoms with Gasteiger partial charge in [0, 0.05) is 50.2 Å². The minimum atomic E-state index is -0.103. The van der Waals surface area contributed by atoms with Gasteiger partial charge in [0.1, 0.15) is 0 Å². The van der Waals surface area contributed by atoms with Crippen LogP contribution in [0.15, 0.2) is 49.1 Å². The molecule has 1 fully saturated rings. The van der Waals surface area contributed by atoms with Crippen LogP contribution in [0, 0.1) is 6.92 Å². The molecular weight excluding hydrogens is 446 g/mol. The number of benzene rings is 1. The first kappa shape index (κ1) is 22.9. The van der Waals surface area contributed by atoms with E-state index >= 15 is 0 Å². The second kappa shape index (κ2) is 10.2. The fourth-order valence-electron chi connectivity index (χ4n) is 4.68. The molecule has 0 unspecified atom stereocenters. The van der Waals surface area contributed by atoms with Crippen LogP contribution in [0.5, 0.6) is 11.5 Å². The van der Waals surface area contributed by atoms with Crippen LogP contribution < -0.4 is 14.8 Å². The van der Waals surface area contributed by atoms with Crippen LogP contribution in [-0.2, 0) is 6.54 Å². The lowest BCUT2D eigenvalue weighted by Gasteiger charge is -2.32. The highest BCUT2D eigenvalue weighted by atomic mass is 16.7. The van der Waals surface area contributed by atoms with Crippen molar-refractivity contribution in [2.24, 2.45) is 0 Å². The van der Waals surface area contributed by atoms with Gasteiger partial charge in [-0.15, -0.1) is 0 Å². The third-order valence-electron chi connectivity index (χ3n) is 6.54. The Morgan fingerprint density at radius 2 is 1.97 bits per heavy atom. The molecule has 182 valence electrons. The smallest absolute Gasteiger partial charge is 0.257 e. The molecule has 2 aliphatic heterocycles. The Morgan fingerprint density at radius 3 is 2.77 bits per heavy atom. The average molecular weight is 476 g/mol. The molecule has 1 N–H and O–H groups in total. The Labute approximate surface area is 204 Å². The largest absolute Gasteiger partial charge is 0.454 e. The van der Waals surface area contributed by atoms with Gasteiger partial charge in [-0.05, 0) is 50.5 Å². The first-order chi connectivity index (χ1) is 17.1. The zero-order valence-corrected chi connectivity index (χ0v) is 19.8. The van der Waals surface area contributed by atoms with Crippen molar-refractivity contribution in [1.29, 1.82) is 0 Å². The lowest BCUT2D eigenvalue weighted by atomic mass is 9.89. The number of rotatable bonds is 7. The molecule has 2 aromatic heterocycles. The zero-order valence-electron chi connectivity index (χ0n) is 19.8. The van der Waals surface area contributed by atoms with E-state index in [2.05, 4.69) is 10.3 Å². The van der Waals surface area contributed by atoms with Gasteiger partial charge < -0.3 is 24.3 Å². The number of likely N-dealkylation sites (tertiary alicyclic amines) is 1. The van der Waals surface area contributed by atoms with Crippen molar-refractivity contribution in [3.8, 4) is 11.5 Å². The molecule has 0 radical (unpaired) electrons. The minimum Gasteiger partial charge on any atom is -0.454 e. The number of ether oxygens (including phenoxy) is 2. The van der Waals surface area contributed by atoms with Crippen LogP contribution in [0.25, 0.3) is 0 Å². The van der Waals surface area contributed by atoms with E-state index in [0.717, 1.165) is 37.2 Å². The number of hydrogen-bond donors (Lipinski definition) is 1. The molecule has 9 nitrogen and oxygen atoms in total. The fourth-order valence-corrected chi connectivity index (χ4v) is 4.68. The number of para-hydroxylation sites is 1. The Kier molecular flexibility index (Phi) is 6.65. The summed E-state index contributed by atoms with van der Waals surface area (Å²) in [5.74, 6) is 1.08. The molecule has 9 heteroatoms. The van der Waals surface area contributed by atoms with Crippen LogP contribution in [0.1, 0.15) is 57.3 Å². The molecule has 0 spiro atoms. The molecule has 4 heterocycles. The zero-order chi connectivity index (χ0) is 24.2. The second-order valence-electron chi connectivity index (χ2n) is 8.90. The Hall–Kier alpha value is -3.88. The molecule has 1 aromatic carbocycles. The van der Waals surface area contributed by atoms with Gasteiger partial charge in [-0.1, -0.05) is 6.07 Å². The number of amides is 2. The van der Waals surface area contributed by atoms with Gasteiger partial charge in [0.05, 0.1) is 23.1 Å². The van der Waals surface area contributed by atoms with Crippen LogP contribution in [0.2, 0.25) is 0 Å². The SMILES string of the molecule is Cc1ccc(C(=O)NCCCn2ccnc2)c(C2CCN(C(=O)c3cccc4c3OCO4)CC2)n1. The number of piperidine rings is 1. The van der Waals surface area contributed by atoms with Gasteiger partial charge >= 0.3 is 0 Å². The molecular formula is C26H29N5O4. The van der Waals surface area contributed by atoms with Gasteiger partial charge in [0.2, 0.25) is 6.79 Å². The predicted octanol–water partition coefficient (Wildman–Crippen LogP) is 3.16. The lowest BCUT2D eigenvalue weighted by Crippen LogP contribution is -2.38. The van der Waals surface area contributed by atoms with Crippen molar-refractivity contribution in [2.45, 2.75) is 38.6 Å². The molecule has 1 saturated heterocycles. The summed E-state index contributed by atoms with van der Waals surface area (Å²) in [5.41, 5.74) is 2.85. The number of carbonyl (C=O) groups excluding carboxylic acids is 2. The maximum absolute atomic E-state index is 13.2. The number of nitrogens with zero attached hydrogens (tertiary/aromatic N) is 4. The number of imidazole rings is 1. The number of fused-ring (bicyclic) bond motifs is 1. The number of nitrogens with one attached hydrogen (secondary N) is 1. The van der Waals surface area contributed by atoms with Crippen molar-refractivity contribution in [1.82, 2.24) is 24.8 Å². The quantitative estimate of drug-likeness (QED) is 0.527. The van der Waals surface area contributed by atoms with E-state index in [9.17, 15) is 9.59 Å². The molecule has 0 saturated carbocycles. The summed E-state index contributed by atoms with van der Waals surface area (Å²) in [7, 11) is 0. The van der Waals surface area contributed by atoms with E-state index in [4.69, 9.17) is 14.5 Å². The van der Waals surface area contributed by atoms with Gasteiger partial charge in [-0.25, -0.2) is 4.98 Å². The van der Waals surface area contributed by atoms with Gasteiger partial charge in [-0.3, -0.25) is 14.6 Å². The van der Waals surface area contributed by atoms with Crippen LogP contribution in [0.3, 0.4) is 0 Å². The van der Waals surface area contributed by atoms with E-state index in [1.165, 1.54) is 0 Å². The second-order valence-corrected chi connectivity index (χ2v) is 8.90. The van der Waals surface area contributed by atoms with Crippen LogP contribution in [0.4, 0.5) is 0 Å². The van der Waals surface area contributed by atoms with Crippen molar-refractivity contribution in [3.63, 3.8) is 0 Å². The van der Waals surface area contributed by atoms with Crippen LogP contribution in [-0.4, -0.2) is 57.7 Å². The molecule has 5 rings (SSSR count). The van der Waals surface area contributed by atoms with E-state index in [1.54, 1.807) is 24.7 Å². The van der Waals surface area contributed by atoms with E-state index in [1.807, 2.05) is 40.8 Å². The summed E-state index contributed by atoms with van der Waals surface area (Å²) in [4.78, 5) is 36.8. The lowest BCUT2D eigenvalue weighted by molar-refractivity contribution is 0.0706. The molecule has 35 heavy (non-hydrogen) atoms. The first-order valence-electron chi connectivity index (χ1n) is 12.0. The number of aromatic nitrogens is 3. The summed E-state index contributed by atoms with van der Waals surface area (Å²) in [6, 6.07) is 9.13. The van der Waals surface area contributed by atoms with E-state index < -0.39 is 0 Å². The monoisotopic (exact) mass is 475 g/mol. The number of pyridine rings is 1. The molecule has 2 aliphatic rings. The Bertz CT molecular complexity index is 1200. The average Bonchev–Trinajstić information content (AvgIpc) is 3.58. The van der Waals surface area contributed by atoms with Crippen molar-refractivity contribution >= 4 is 11.8 Å². The van der Waals surface area contributed by atoms with Gasteiger partial charge in [-0.2, -0.15) is 0 Å². The molecule has 2 amide bonds. The minimum absolute atomic E-state index is 0.0566. The number of aryl methyl sites for hydroxylation is 2. The summed E-state index contributed by atoms with van der Waals surface area (Å²) in [5, 5.41) is 3.03.